The van der Waals surface area contributed by atoms with Crippen molar-refractivity contribution in [2.75, 3.05) is 19.6 Å². The summed E-state index contributed by atoms with van der Waals surface area (Å²) in [5.41, 5.74) is 16.2. The van der Waals surface area contributed by atoms with Crippen LogP contribution in [-0.4, -0.2) is 39.7 Å². The summed E-state index contributed by atoms with van der Waals surface area (Å²) in [6.07, 6.45) is 7.99. The molecule has 0 spiro atoms. The highest BCUT2D eigenvalue weighted by Gasteiger charge is 2.20. The van der Waals surface area contributed by atoms with Gasteiger partial charge in [0.2, 0.25) is 5.88 Å². The van der Waals surface area contributed by atoms with Crippen LogP contribution in [0.15, 0.2) is 47.2 Å². The molecule has 1 aliphatic heterocycles. The normalized spacial score (nSPS) is 15.3. The highest BCUT2D eigenvalue weighted by Crippen LogP contribution is 2.33. The Morgan fingerprint density at radius 2 is 2.07 bits per heavy atom. The van der Waals surface area contributed by atoms with Gasteiger partial charge in [0.15, 0.2) is 0 Å². The van der Waals surface area contributed by atoms with E-state index in [1.54, 1.807) is 12.3 Å². The lowest BCUT2D eigenvalue weighted by atomic mass is 9.99. The largest absolute Gasteiger partial charge is 0.445 e. The van der Waals surface area contributed by atoms with Gasteiger partial charge in [0.05, 0.1) is 17.5 Å². The molecule has 0 fully saturated rings. The summed E-state index contributed by atoms with van der Waals surface area (Å²) >= 11 is 0. The zero-order valence-electron chi connectivity index (χ0n) is 17.4. The molecular weight excluding hydrogens is 364 g/mol. The molecule has 7 nitrogen and oxygen atoms in total. The Kier molecular flexibility index (Phi) is 6.72. The first-order valence-electron chi connectivity index (χ1n) is 9.92. The van der Waals surface area contributed by atoms with E-state index in [9.17, 15) is 5.53 Å². The summed E-state index contributed by atoms with van der Waals surface area (Å²) in [6.45, 7) is 11.8. The van der Waals surface area contributed by atoms with E-state index < -0.39 is 0 Å². The molecule has 0 unspecified atom stereocenters. The van der Waals surface area contributed by atoms with Crippen molar-refractivity contribution in [2.24, 2.45) is 5.11 Å². The smallest absolute Gasteiger partial charge is 0.250 e. The fourth-order valence-electron chi connectivity index (χ4n) is 3.62. The molecule has 29 heavy (non-hydrogen) atoms. The van der Waals surface area contributed by atoms with Crippen molar-refractivity contribution in [3.8, 4) is 0 Å². The van der Waals surface area contributed by atoms with E-state index in [0.29, 0.717) is 11.3 Å². The quantitative estimate of drug-likeness (QED) is 0.692. The van der Waals surface area contributed by atoms with Gasteiger partial charge in [0.25, 0.3) is 0 Å². The van der Waals surface area contributed by atoms with E-state index in [1.807, 2.05) is 18.2 Å². The number of ether oxygens (including phenoxy) is 1. The molecule has 151 valence electrons. The zero-order chi connectivity index (χ0) is 20.8. The third-order valence-corrected chi connectivity index (χ3v) is 5.35. The minimum Gasteiger partial charge on any atom is -0.445 e. The molecule has 0 saturated heterocycles. The lowest BCUT2D eigenvalue weighted by Gasteiger charge is -2.18. The van der Waals surface area contributed by atoms with Crippen LogP contribution in [0.1, 0.15) is 42.1 Å². The summed E-state index contributed by atoms with van der Waals surface area (Å²) in [6, 6.07) is 3.60. The minimum absolute atomic E-state index is 0.0990. The average Bonchev–Trinajstić information content (AvgIpc) is 3.02. The van der Waals surface area contributed by atoms with Crippen LogP contribution in [0.4, 0.5) is 0 Å². The molecule has 2 aromatic rings. The van der Waals surface area contributed by atoms with Crippen LogP contribution >= 0.6 is 0 Å². The topological polar surface area (TPSA) is 88.7 Å². The van der Waals surface area contributed by atoms with Gasteiger partial charge in [-0.15, -0.1) is 0 Å². The first-order chi connectivity index (χ1) is 14.1. The van der Waals surface area contributed by atoms with Crippen LogP contribution in [0, 0.1) is 13.8 Å². The molecule has 0 bridgehead atoms. The minimum atomic E-state index is 0.0990. The Labute approximate surface area is 171 Å². The number of nitrogens with zero attached hydrogens (tertiary/aromatic N) is 5. The van der Waals surface area contributed by atoms with E-state index >= 15 is 0 Å². The first-order valence-corrected chi connectivity index (χ1v) is 9.92. The van der Waals surface area contributed by atoms with Crippen LogP contribution in [0.2, 0.25) is 0 Å². The number of aromatic amines is 1. The van der Waals surface area contributed by atoms with Gasteiger partial charge < -0.3 is 14.6 Å². The van der Waals surface area contributed by atoms with Gasteiger partial charge in [0, 0.05) is 24.1 Å². The highest BCUT2D eigenvalue weighted by atomic mass is 16.5. The van der Waals surface area contributed by atoms with Crippen molar-refractivity contribution in [3.63, 3.8) is 0 Å². The Morgan fingerprint density at radius 1 is 1.28 bits per heavy atom. The second-order valence-corrected chi connectivity index (χ2v) is 6.95. The van der Waals surface area contributed by atoms with Crippen LogP contribution < -0.4 is 5.53 Å². The fourth-order valence-corrected chi connectivity index (χ4v) is 3.62. The Balaban J connectivity index is 1.97. The van der Waals surface area contributed by atoms with E-state index in [-0.39, 0.29) is 5.88 Å². The Morgan fingerprint density at radius 3 is 2.72 bits per heavy atom. The summed E-state index contributed by atoms with van der Waals surface area (Å²) < 4.78 is 5.37. The molecule has 0 amide bonds. The summed E-state index contributed by atoms with van der Waals surface area (Å²) in [5.74, 6) is 0.0990. The van der Waals surface area contributed by atoms with Crippen LogP contribution in [0.25, 0.3) is 11.6 Å². The van der Waals surface area contributed by atoms with Crippen LogP contribution in [-0.2, 0) is 11.2 Å². The molecule has 7 heteroatoms. The molecule has 3 rings (SSSR count). The van der Waals surface area contributed by atoms with E-state index in [0.717, 1.165) is 37.3 Å². The molecule has 1 radical (unpaired) electrons. The maximum Gasteiger partial charge on any atom is 0.250 e. The van der Waals surface area contributed by atoms with Crippen LogP contribution in [0.5, 0.6) is 0 Å². The molecular formula is C22H27N6O. The van der Waals surface area contributed by atoms with E-state index in [4.69, 9.17) is 4.74 Å². The lowest BCUT2D eigenvalue weighted by molar-refractivity contribution is 0.307. The predicted molar refractivity (Wildman–Crippen MR) is 113 cm³/mol. The number of likely N-dealkylation sites (N-methyl/N-ethyl adjacent to an activating group) is 1. The van der Waals surface area contributed by atoms with Crippen molar-refractivity contribution >= 4 is 11.6 Å². The highest BCUT2D eigenvalue weighted by molar-refractivity contribution is 5.87. The molecule has 0 aromatic carbocycles. The van der Waals surface area contributed by atoms with Gasteiger partial charge in [0.1, 0.15) is 0 Å². The number of aryl methyl sites for hydroxylation is 1. The van der Waals surface area contributed by atoms with Crippen molar-refractivity contribution in [2.45, 2.75) is 34.1 Å². The zero-order valence-corrected chi connectivity index (χ0v) is 17.4. The number of nitrogens with one attached hydrogen (secondary N) is 1. The molecule has 2 aromatic heterocycles. The number of allylic oxidation sites excluding steroid dienone is 3. The molecule has 0 saturated carbocycles. The second kappa shape index (κ2) is 9.43. The van der Waals surface area contributed by atoms with E-state index in [2.05, 4.69) is 52.9 Å². The SMILES string of the molecule is CCN(CC)CCc1c(C)[nH]c(C=C2C=COC(N=[N])=C2c2cccnn2)c1C. The van der Waals surface area contributed by atoms with Gasteiger partial charge in [-0.05, 0) is 79.9 Å². The second-order valence-electron chi connectivity index (χ2n) is 6.95. The lowest BCUT2D eigenvalue weighted by Crippen LogP contribution is -2.25. The standard InChI is InChI=1S/C22H27N6O/c1-5-28(6-2)12-9-18-15(3)20(25-16(18)4)14-17-10-13-29-22(26-23)21(17)19-8-7-11-24-27-19/h7-8,10-11,13-14,25H,5-6,9,12H2,1-4H3. The van der Waals surface area contributed by atoms with Gasteiger partial charge in [-0.1, -0.05) is 19.0 Å². The first kappa shape index (κ1) is 20.7. The third kappa shape index (κ3) is 4.51. The fraction of sp³-hybridized carbons (Fsp3) is 0.364. The Bertz CT molecular complexity index is 951. The number of hydrogen-bond acceptors (Lipinski definition) is 5. The summed E-state index contributed by atoms with van der Waals surface area (Å²) in [5, 5.41) is 11.4. The maximum absolute atomic E-state index is 9.40. The van der Waals surface area contributed by atoms with Crippen molar-refractivity contribution < 1.29 is 4.74 Å². The monoisotopic (exact) mass is 391 g/mol. The molecule has 1 N–H and O–H groups in total. The molecule has 0 aliphatic carbocycles. The van der Waals surface area contributed by atoms with E-state index in [1.165, 1.54) is 23.1 Å². The molecule has 1 aliphatic rings. The Hall–Kier alpha value is -3.06. The predicted octanol–water partition coefficient (Wildman–Crippen LogP) is 3.85. The molecule has 3 heterocycles. The van der Waals surface area contributed by atoms with Crippen molar-refractivity contribution in [1.82, 2.24) is 25.6 Å². The van der Waals surface area contributed by atoms with Gasteiger partial charge in [-0.2, -0.15) is 10.2 Å². The third-order valence-electron chi connectivity index (χ3n) is 5.35. The maximum atomic E-state index is 9.40. The summed E-state index contributed by atoms with van der Waals surface area (Å²) in [4.78, 5) is 5.93. The number of hydrogen-bond donors (Lipinski definition) is 1. The van der Waals surface area contributed by atoms with Crippen LogP contribution in [0.3, 0.4) is 0 Å². The van der Waals surface area contributed by atoms with Crippen molar-refractivity contribution in [3.05, 3.63) is 70.3 Å². The average molecular weight is 391 g/mol. The number of aromatic nitrogens is 3. The van der Waals surface area contributed by atoms with Crippen molar-refractivity contribution in [1.29, 1.82) is 0 Å². The summed E-state index contributed by atoms with van der Waals surface area (Å²) in [7, 11) is 0. The van der Waals surface area contributed by atoms with Gasteiger partial charge in [-0.25, -0.2) is 0 Å². The van der Waals surface area contributed by atoms with Gasteiger partial charge in [-0.3, -0.25) is 0 Å². The van der Waals surface area contributed by atoms with Gasteiger partial charge >= 0.3 is 0 Å². The number of rotatable bonds is 8. The molecule has 0 atom stereocenters. The number of H-pyrrole nitrogens is 1.